The molecule has 1 aliphatic rings. The molecule has 164 valence electrons. The molecule has 1 aromatic heterocycles. The SMILES string of the molecule is O=c1ccc(C#Cc2ccc(Cc3cc([C@H]4CC(O)C[C@@H](CO)O4)ccc3Cl)cc2)c[nH]1. The molecular weight excluding hydrogens is 426 g/mol. The molecule has 0 saturated carbocycles. The first-order valence-electron chi connectivity index (χ1n) is 10.5. The van der Waals surface area contributed by atoms with Crippen LogP contribution in [-0.2, 0) is 11.2 Å². The van der Waals surface area contributed by atoms with Gasteiger partial charge < -0.3 is 19.9 Å². The summed E-state index contributed by atoms with van der Waals surface area (Å²) in [5, 5.41) is 20.2. The van der Waals surface area contributed by atoms with Crippen LogP contribution in [0.4, 0.5) is 0 Å². The molecule has 3 aromatic rings. The molecule has 0 bridgehead atoms. The second kappa shape index (κ2) is 10.2. The van der Waals surface area contributed by atoms with Crippen LogP contribution in [0.2, 0.25) is 5.02 Å². The van der Waals surface area contributed by atoms with Crippen molar-refractivity contribution in [2.24, 2.45) is 0 Å². The van der Waals surface area contributed by atoms with Crippen molar-refractivity contribution < 1.29 is 14.9 Å². The van der Waals surface area contributed by atoms with Gasteiger partial charge in [-0.15, -0.1) is 0 Å². The first-order valence-corrected chi connectivity index (χ1v) is 10.9. The van der Waals surface area contributed by atoms with E-state index in [0.29, 0.717) is 24.3 Å². The molecule has 1 unspecified atom stereocenters. The van der Waals surface area contributed by atoms with E-state index in [-0.39, 0.29) is 24.4 Å². The number of halogens is 1. The normalized spacial score (nSPS) is 20.4. The molecule has 1 aliphatic heterocycles. The Morgan fingerprint density at radius 3 is 2.50 bits per heavy atom. The van der Waals surface area contributed by atoms with Crippen molar-refractivity contribution in [3.63, 3.8) is 0 Å². The van der Waals surface area contributed by atoms with E-state index < -0.39 is 6.10 Å². The Balaban J connectivity index is 1.47. The second-order valence-corrected chi connectivity index (χ2v) is 8.38. The molecule has 5 nitrogen and oxygen atoms in total. The molecule has 1 fully saturated rings. The van der Waals surface area contributed by atoms with Crippen molar-refractivity contribution >= 4 is 11.6 Å². The summed E-state index contributed by atoms with van der Waals surface area (Å²) in [6.45, 7) is -0.106. The number of nitrogens with one attached hydrogen (secondary N) is 1. The van der Waals surface area contributed by atoms with Crippen LogP contribution in [0, 0.1) is 11.8 Å². The molecule has 2 heterocycles. The maximum Gasteiger partial charge on any atom is 0.247 e. The molecule has 0 radical (unpaired) electrons. The Kier molecular flexibility index (Phi) is 7.09. The monoisotopic (exact) mass is 449 g/mol. The van der Waals surface area contributed by atoms with Gasteiger partial charge in [0.25, 0.3) is 0 Å². The standard InChI is InChI=1S/C26H24ClNO4/c27-24-9-8-20(25-14-22(30)13-23(16-29)32-25)12-21(24)11-18-4-1-17(2-5-18)3-6-19-7-10-26(31)28-15-19/h1-2,4-5,7-10,12,15,22-23,25,29-30H,11,13-14,16H2,(H,28,31)/t22?,23-,25+/m0/s1. The van der Waals surface area contributed by atoms with Crippen LogP contribution in [0.25, 0.3) is 0 Å². The number of H-pyrrole nitrogens is 1. The van der Waals surface area contributed by atoms with Crippen LogP contribution in [-0.4, -0.2) is 34.0 Å². The van der Waals surface area contributed by atoms with Crippen LogP contribution < -0.4 is 5.56 Å². The van der Waals surface area contributed by atoms with Gasteiger partial charge in [0, 0.05) is 41.3 Å². The molecule has 1 saturated heterocycles. The Hall–Kier alpha value is -2.88. The fourth-order valence-corrected chi connectivity index (χ4v) is 4.00. The highest BCUT2D eigenvalue weighted by molar-refractivity contribution is 6.31. The molecule has 0 aliphatic carbocycles. The van der Waals surface area contributed by atoms with E-state index in [4.69, 9.17) is 16.3 Å². The highest BCUT2D eigenvalue weighted by Crippen LogP contribution is 2.33. The minimum absolute atomic E-state index is 0.106. The number of aromatic amines is 1. The number of pyridine rings is 1. The topological polar surface area (TPSA) is 82.6 Å². The van der Waals surface area contributed by atoms with Gasteiger partial charge in [-0.2, -0.15) is 0 Å². The third kappa shape index (κ3) is 5.67. The van der Waals surface area contributed by atoms with Gasteiger partial charge in [-0.05, 0) is 47.4 Å². The number of hydrogen-bond acceptors (Lipinski definition) is 4. The van der Waals surface area contributed by atoms with Crippen molar-refractivity contribution in [2.75, 3.05) is 6.61 Å². The van der Waals surface area contributed by atoms with E-state index >= 15 is 0 Å². The maximum absolute atomic E-state index is 11.1. The van der Waals surface area contributed by atoms with Crippen LogP contribution in [0.5, 0.6) is 0 Å². The van der Waals surface area contributed by atoms with Crippen molar-refractivity contribution in [1.82, 2.24) is 4.98 Å². The Morgan fingerprint density at radius 1 is 1.03 bits per heavy atom. The summed E-state index contributed by atoms with van der Waals surface area (Å²) in [7, 11) is 0. The minimum Gasteiger partial charge on any atom is -0.394 e. The predicted octanol–water partition coefficient (Wildman–Crippen LogP) is 3.59. The van der Waals surface area contributed by atoms with Gasteiger partial charge in [0.1, 0.15) is 0 Å². The number of aliphatic hydroxyl groups is 2. The highest BCUT2D eigenvalue weighted by Gasteiger charge is 2.29. The van der Waals surface area contributed by atoms with Gasteiger partial charge in [-0.1, -0.05) is 47.7 Å². The van der Waals surface area contributed by atoms with E-state index in [0.717, 1.165) is 27.8 Å². The fraction of sp³-hybridized carbons (Fsp3) is 0.269. The van der Waals surface area contributed by atoms with Crippen LogP contribution in [0.3, 0.4) is 0 Å². The molecule has 6 heteroatoms. The number of aromatic nitrogens is 1. The average molecular weight is 450 g/mol. The summed E-state index contributed by atoms with van der Waals surface area (Å²) < 4.78 is 5.93. The first kappa shape index (κ1) is 22.3. The van der Waals surface area contributed by atoms with E-state index in [1.807, 2.05) is 42.5 Å². The van der Waals surface area contributed by atoms with Gasteiger partial charge in [0.15, 0.2) is 0 Å². The Morgan fingerprint density at radius 2 is 1.78 bits per heavy atom. The number of rotatable bonds is 4. The maximum atomic E-state index is 11.1. The van der Waals surface area contributed by atoms with E-state index in [2.05, 4.69) is 16.8 Å². The van der Waals surface area contributed by atoms with Gasteiger partial charge in [-0.3, -0.25) is 4.79 Å². The zero-order valence-electron chi connectivity index (χ0n) is 17.4. The summed E-state index contributed by atoms with van der Waals surface area (Å²) in [4.78, 5) is 13.7. The van der Waals surface area contributed by atoms with Gasteiger partial charge in [0.05, 0.1) is 24.9 Å². The van der Waals surface area contributed by atoms with Crippen molar-refractivity contribution in [3.05, 3.63) is 104 Å². The zero-order valence-corrected chi connectivity index (χ0v) is 18.2. The van der Waals surface area contributed by atoms with E-state index in [1.54, 1.807) is 12.3 Å². The predicted molar refractivity (Wildman–Crippen MR) is 124 cm³/mol. The lowest BCUT2D eigenvalue weighted by Crippen LogP contribution is -2.33. The van der Waals surface area contributed by atoms with Gasteiger partial charge in [-0.25, -0.2) is 0 Å². The van der Waals surface area contributed by atoms with Crippen molar-refractivity contribution in [2.45, 2.75) is 37.6 Å². The first-order chi connectivity index (χ1) is 15.5. The number of ether oxygens (including phenoxy) is 1. The molecule has 4 rings (SSSR count). The lowest BCUT2D eigenvalue weighted by molar-refractivity contribution is -0.113. The quantitative estimate of drug-likeness (QED) is 0.531. The Labute approximate surface area is 191 Å². The summed E-state index contributed by atoms with van der Waals surface area (Å²) in [6.07, 6.45) is 2.08. The highest BCUT2D eigenvalue weighted by atomic mass is 35.5. The van der Waals surface area contributed by atoms with Crippen LogP contribution in [0.1, 0.15) is 46.8 Å². The van der Waals surface area contributed by atoms with Crippen molar-refractivity contribution in [3.8, 4) is 11.8 Å². The zero-order chi connectivity index (χ0) is 22.5. The number of benzene rings is 2. The molecule has 32 heavy (non-hydrogen) atoms. The second-order valence-electron chi connectivity index (χ2n) is 7.97. The third-order valence-electron chi connectivity index (χ3n) is 5.51. The lowest BCUT2D eigenvalue weighted by atomic mass is 9.94. The smallest absolute Gasteiger partial charge is 0.247 e. The fourth-order valence-electron chi connectivity index (χ4n) is 3.81. The third-order valence-corrected chi connectivity index (χ3v) is 5.88. The average Bonchev–Trinajstić information content (AvgIpc) is 2.80. The molecule has 3 atom stereocenters. The largest absolute Gasteiger partial charge is 0.394 e. The lowest BCUT2D eigenvalue weighted by Gasteiger charge is -2.32. The molecule has 2 aromatic carbocycles. The van der Waals surface area contributed by atoms with E-state index in [9.17, 15) is 15.0 Å². The summed E-state index contributed by atoms with van der Waals surface area (Å²) >= 11 is 6.45. The molecule has 0 spiro atoms. The summed E-state index contributed by atoms with van der Waals surface area (Å²) in [6, 6.07) is 16.9. The molecule has 3 N–H and O–H groups in total. The van der Waals surface area contributed by atoms with Gasteiger partial charge >= 0.3 is 0 Å². The van der Waals surface area contributed by atoms with Crippen LogP contribution in [0.15, 0.2) is 65.6 Å². The Bertz CT molecular complexity index is 1170. The minimum atomic E-state index is -0.491. The van der Waals surface area contributed by atoms with Gasteiger partial charge in [0.2, 0.25) is 5.56 Å². The number of aliphatic hydroxyl groups excluding tert-OH is 2. The number of hydrogen-bond donors (Lipinski definition) is 3. The molecular formula is C26H24ClNO4. The van der Waals surface area contributed by atoms with Crippen LogP contribution >= 0.6 is 11.6 Å². The summed E-state index contributed by atoms with van der Waals surface area (Å²) in [5.74, 6) is 6.12. The van der Waals surface area contributed by atoms with Crippen molar-refractivity contribution in [1.29, 1.82) is 0 Å². The summed E-state index contributed by atoms with van der Waals surface area (Å²) in [5.41, 5.74) is 4.49. The molecule has 0 amide bonds. The van der Waals surface area contributed by atoms with E-state index in [1.165, 1.54) is 6.07 Å².